The molecule has 0 spiro atoms. The first-order valence-electron chi connectivity index (χ1n) is 19.6. The lowest BCUT2D eigenvalue weighted by molar-refractivity contribution is 0.101. The average Bonchev–Trinajstić information content (AvgIpc) is 3.96. The van der Waals surface area contributed by atoms with Crippen molar-refractivity contribution < 1.29 is 32.0 Å². The van der Waals surface area contributed by atoms with Crippen molar-refractivity contribution in [3.05, 3.63) is 179 Å². The third-order valence-electron chi connectivity index (χ3n) is 10.0. The number of hydrogen-bond donors (Lipinski definition) is 3. The van der Waals surface area contributed by atoms with Crippen LogP contribution in [0.1, 0.15) is 30.0 Å². The number of hydrogen-bond acceptors (Lipinski definition) is 11. The van der Waals surface area contributed by atoms with Crippen molar-refractivity contribution in [3.63, 3.8) is 0 Å². The van der Waals surface area contributed by atoms with Gasteiger partial charge in [0.15, 0.2) is 25.5 Å². The third kappa shape index (κ3) is 11.7. The van der Waals surface area contributed by atoms with Crippen LogP contribution in [0.4, 0.5) is 0 Å². The van der Waals surface area contributed by atoms with E-state index in [9.17, 15) is 26.8 Å². The predicted molar refractivity (Wildman–Crippen MR) is 260 cm³/mol. The van der Waals surface area contributed by atoms with Crippen LogP contribution in [0, 0.1) is 0 Å². The second kappa shape index (κ2) is 21.3. The first-order chi connectivity index (χ1) is 31.4. The van der Waals surface area contributed by atoms with Crippen LogP contribution in [0.5, 0.6) is 0 Å². The van der Waals surface area contributed by atoms with Gasteiger partial charge in [-0.2, -0.15) is 0 Å². The number of nitrogens with zero attached hydrogens (tertiary/aromatic N) is 5. The lowest BCUT2D eigenvalue weighted by Crippen LogP contribution is -1.98. The van der Waals surface area contributed by atoms with Gasteiger partial charge in [-0.05, 0) is 102 Å². The number of carbonyl (C=O) groups is 1. The molecule has 0 saturated carbocycles. The lowest BCUT2D eigenvalue weighted by Gasteiger charge is -2.10. The van der Waals surface area contributed by atoms with Gasteiger partial charge in [0.25, 0.3) is 0 Å². The lowest BCUT2D eigenvalue weighted by atomic mass is 10.1. The van der Waals surface area contributed by atoms with Gasteiger partial charge in [0, 0.05) is 66.1 Å². The highest BCUT2D eigenvalue weighted by Gasteiger charge is 2.19. The van der Waals surface area contributed by atoms with E-state index in [1.807, 2.05) is 106 Å². The zero-order chi connectivity index (χ0) is 47.8. The van der Waals surface area contributed by atoms with Crippen LogP contribution >= 0.6 is 35.0 Å². The molecule has 0 bridgehead atoms. The summed E-state index contributed by atoms with van der Waals surface area (Å²) in [6.45, 7) is 3.14. The highest BCUT2D eigenvalue weighted by molar-refractivity contribution is 7.91. The molecule has 0 fully saturated rings. The molecular weight excluding hydrogens is 943 g/mol. The summed E-state index contributed by atoms with van der Waals surface area (Å²) in [5, 5.41) is 20.6. The van der Waals surface area contributed by atoms with Crippen molar-refractivity contribution in [1.82, 2.24) is 24.1 Å². The summed E-state index contributed by atoms with van der Waals surface area (Å²) in [4.78, 5) is 22.9. The fraction of sp³-hybridized carbons (Fsp3) is 0.0833. The van der Waals surface area contributed by atoms with E-state index in [0.717, 1.165) is 44.8 Å². The molecule has 0 atom stereocenters. The molecule has 0 amide bonds. The summed E-state index contributed by atoms with van der Waals surface area (Å²) < 4.78 is 51.2. The van der Waals surface area contributed by atoms with Crippen LogP contribution in [-0.4, -0.2) is 70.4 Å². The number of benzene rings is 6. The molecule has 8 rings (SSSR count). The second-order valence-electron chi connectivity index (χ2n) is 14.6. The highest BCUT2D eigenvalue weighted by Crippen LogP contribution is 2.33. The smallest absolute Gasteiger partial charge is 0.179 e. The van der Waals surface area contributed by atoms with Gasteiger partial charge in [-0.3, -0.25) is 13.9 Å². The topological polar surface area (TPSA) is 186 Å². The Hall–Kier alpha value is -6.43. The van der Waals surface area contributed by atoms with E-state index >= 15 is 0 Å². The van der Waals surface area contributed by atoms with Gasteiger partial charge in [0.05, 0.1) is 19.8 Å². The minimum absolute atomic E-state index is 0.138. The Morgan fingerprint density at radius 2 is 0.955 bits per heavy atom. The summed E-state index contributed by atoms with van der Waals surface area (Å²) in [6, 6.07) is 43.7. The number of rotatable bonds is 10. The van der Waals surface area contributed by atoms with E-state index in [0.29, 0.717) is 38.8 Å². The quantitative estimate of drug-likeness (QED) is 0.0391. The molecule has 66 heavy (non-hydrogen) atoms. The second-order valence-corrected chi connectivity index (χ2v) is 19.6. The minimum Gasteiger partial charge on any atom is -0.411 e. The summed E-state index contributed by atoms with van der Waals surface area (Å²) in [5.74, 6) is 1.05. The molecule has 338 valence electrons. The van der Waals surface area contributed by atoms with Gasteiger partial charge in [-0.15, -0.1) is 5.00 Å². The van der Waals surface area contributed by atoms with Crippen molar-refractivity contribution >= 4 is 66.1 Å². The number of sulfone groups is 2. The summed E-state index contributed by atoms with van der Waals surface area (Å²) in [6.07, 6.45) is 5.87. The largest absolute Gasteiger partial charge is 0.411 e. The Morgan fingerprint density at radius 3 is 1.32 bits per heavy atom. The fourth-order valence-electron chi connectivity index (χ4n) is 6.66. The molecule has 2 heterocycles. The van der Waals surface area contributed by atoms with Crippen molar-refractivity contribution in [3.8, 4) is 56.4 Å². The number of carbonyl (C=O) groups excluding carboxylic acids is 1. The van der Waals surface area contributed by atoms with E-state index in [1.165, 1.54) is 24.4 Å². The highest BCUT2D eigenvalue weighted by atomic mass is 35.5. The molecule has 0 unspecified atom stereocenters. The summed E-state index contributed by atoms with van der Waals surface area (Å²) in [5.41, 5.74) is 7.71. The van der Waals surface area contributed by atoms with Crippen LogP contribution < -0.4 is 5.00 Å². The first kappa shape index (κ1) is 49.0. The van der Waals surface area contributed by atoms with Crippen molar-refractivity contribution in [2.45, 2.75) is 23.6 Å². The molecule has 0 aliphatic rings. The average molecular weight is 984 g/mol. The van der Waals surface area contributed by atoms with E-state index in [2.05, 4.69) is 26.9 Å². The number of ketones is 1. The van der Waals surface area contributed by atoms with Crippen LogP contribution in [0.2, 0.25) is 10.0 Å². The minimum atomic E-state index is -3.29. The Bertz CT molecular complexity index is 3280. The number of nitrogens with one attached hydrogen (secondary N) is 1. The Morgan fingerprint density at radius 1 is 0.576 bits per heavy atom. The normalized spacial score (nSPS) is 11.5. The van der Waals surface area contributed by atoms with Crippen LogP contribution in [0.25, 0.3) is 56.4 Å². The SMILES string of the molecule is C/C(=N\O)c1cn(-c2ccc(-c3cccc(S(C)(=O)=O)c3)cc2)c(-c2ccccc2Cl)n1.CC(=O)c1cn(-c2ccc(-c3cccc(S(C)(=O)=O)c3)cc2)c(-c2ccccc2Cl)n1.ONCl. The van der Waals surface area contributed by atoms with Crippen LogP contribution in [-0.2, 0) is 19.7 Å². The zero-order valence-electron chi connectivity index (χ0n) is 35.6. The van der Waals surface area contributed by atoms with E-state index < -0.39 is 19.7 Å². The number of imidazole rings is 2. The first-order valence-corrected chi connectivity index (χ1v) is 24.5. The van der Waals surface area contributed by atoms with Gasteiger partial charge >= 0.3 is 0 Å². The summed E-state index contributed by atoms with van der Waals surface area (Å²) in [7, 11) is -6.58. The number of halogens is 3. The van der Waals surface area contributed by atoms with Gasteiger partial charge < -0.3 is 10.4 Å². The molecule has 18 heteroatoms. The predicted octanol–water partition coefficient (Wildman–Crippen LogP) is 11.0. The molecule has 0 aliphatic carbocycles. The van der Waals surface area contributed by atoms with Crippen molar-refractivity contribution in [1.29, 1.82) is 0 Å². The van der Waals surface area contributed by atoms with Gasteiger partial charge in [0.1, 0.15) is 28.7 Å². The van der Waals surface area contributed by atoms with E-state index in [4.69, 9.17) is 28.4 Å². The van der Waals surface area contributed by atoms with Gasteiger partial charge in [-0.1, -0.05) is 101 Å². The molecule has 0 radical (unpaired) electrons. The third-order valence-corrected chi connectivity index (χ3v) is 12.9. The molecular formula is C48H41Cl3N6O7S2. The summed E-state index contributed by atoms with van der Waals surface area (Å²) >= 11 is 17.1. The van der Waals surface area contributed by atoms with E-state index in [1.54, 1.807) is 67.8 Å². The molecule has 0 aliphatic heterocycles. The molecule has 6 aromatic carbocycles. The molecule has 3 N–H and O–H groups in total. The Balaban J connectivity index is 0.000000206. The molecule has 13 nitrogen and oxygen atoms in total. The zero-order valence-corrected chi connectivity index (χ0v) is 39.5. The van der Waals surface area contributed by atoms with Gasteiger partial charge in [0.2, 0.25) is 0 Å². The van der Waals surface area contributed by atoms with E-state index in [-0.39, 0.29) is 15.6 Å². The molecule has 8 aromatic rings. The number of Topliss-reactive ketones (excluding diaryl/α,β-unsaturated/α-hetero) is 1. The number of oxime groups is 1. The molecule has 2 aromatic heterocycles. The monoisotopic (exact) mass is 982 g/mol. The maximum absolute atomic E-state index is 12.0. The van der Waals surface area contributed by atoms with Crippen molar-refractivity contribution in [2.24, 2.45) is 5.16 Å². The van der Waals surface area contributed by atoms with Gasteiger partial charge in [-0.25, -0.2) is 26.8 Å². The fourth-order valence-corrected chi connectivity index (χ4v) is 8.43. The maximum Gasteiger partial charge on any atom is 0.179 e. The molecule has 0 saturated heterocycles. The Labute approximate surface area is 397 Å². The number of aromatic nitrogens is 4. The Kier molecular flexibility index (Phi) is 15.8. The maximum atomic E-state index is 12.0. The van der Waals surface area contributed by atoms with Crippen molar-refractivity contribution in [2.75, 3.05) is 12.5 Å². The van der Waals surface area contributed by atoms with Crippen LogP contribution in [0.15, 0.2) is 173 Å². The standard InChI is InChI=1S/C24H20ClN3O3S.C24H19ClN2O3S.ClH2NO/c1-16(27-29)23-15-28(24(26-23)21-8-3-4-9-22(21)25)19-12-10-17(11-13-19)18-6-5-7-20(14-18)32(2,30)31;1-16(28)23-15-27(24(26-23)21-8-3-4-9-22(21)25)19-12-10-17(11-13-19)18-6-5-7-20(14-18)31(2,29)30;1-2-3/h3-15,29H,1-2H3;3-15H,1-2H3;2-3H/b27-16+;;. The van der Waals surface area contributed by atoms with Crippen LogP contribution in [0.3, 0.4) is 0 Å².